The second kappa shape index (κ2) is 6.22. The number of amides is 1. The molecular weight excluding hydrogens is 286 g/mol. The third-order valence-electron chi connectivity index (χ3n) is 4.66. The zero-order chi connectivity index (χ0) is 14.8. The normalized spacial score (nSPS) is 24.8. The van der Waals surface area contributed by atoms with E-state index in [1.165, 1.54) is 19.3 Å². The van der Waals surface area contributed by atoms with Crippen molar-refractivity contribution in [1.82, 2.24) is 9.88 Å². The Morgan fingerprint density at radius 3 is 3.00 bits per heavy atom. The topological polar surface area (TPSA) is 45.2 Å². The number of fused-ring (bicyclic) bond motifs is 1. The molecule has 1 saturated heterocycles. The number of likely N-dealkylation sites (tertiary alicyclic amines) is 1. The monoisotopic (exact) mass is 307 g/mol. The number of carbonyl (C=O) groups is 1. The van der Waals surface area contributed by atoms with Crippen LogP contribution in [0.3, 0.4) is 0 Å². The summed E-state index contributed by atoms with van der Waals surface area (Å²) in [6.45, 7) is 3.62. The van der Waals surface area contributed by atoms with Gasteiger partial charge in [-0.2, -0.15) is 0 Å². The van der Waals surface area contributed by atoms with Gasteiger partial charge in [-0.05, 0) is 50.7 Å². The number of nitrogens with one attached hydrogen (secondary N) is 1. The molecule has 2 fully saturated rings. The maximum absolute atomic E-state index is 12.9. The molecule has 2 heterocycles. The van der Waals surface area contributed by atoms with Crippen LogP contribution in [0.1, 0.15) is 49.5 Å². The highest BCUT2D eigenvalue weighted by Crippen LogP contribution is 2.37. The number of carbonyl (C=O) groups excluding carboxylic acids is 1. The second-order valence-electron chi connectivity index (χ2n) is 5.96. The van der Waals surface area contributed by atoms with Gasteiger partial charge in [0.25, 0.3) is 5.91 Å². The van der Waals surface area contributed by atoms with Gasteiger partial charge in [0, 0.05) is 19.1 Å². The van der Waals surface area contributed by atoms with Gasteiger partial charge in [-0.25, -0.2) is 4.98 Å². The van der Waals surface area contributed by atoms with Crippen LogP contribution in [0.4, 0.5) is 5.82 Å². The van der Waals surface area contributed by atoms with E-state index < -0.39 is 0 Å². The lowest BCUT2D eigenvalue weighted by Crippen LogP contribution is -2.46. The van der Waals surface area contributed by atoms with E-state index in [0.717, 1.165) is 25.9 Å². The number of hydrogen-bond acceptors (Lipinski definition) is 3. The van der Waals surface area contributed by atoms with Crippen molar-refractivity contribution in [2.75, 3.05) is 18.4 Å². The van der Waals surface area contributed by atoms with Crippen molar-refractivity contribution in [3.05, 3.63) is 22.8 Å². The van der Waals surface area contributed by atoms with Crippen molar-refractivity contribution in [1.29, 1.82) is 0 Å². The van der Waals surface area contributed by atoms with E-state index in [1.54, 1.807) is 6.07 Å². The van der Waals surface area contributed by atoms with Crippen LogP contribution in [-0.2, 0) is 0 Å². The van der Waals surface area contributed by atoms with Gasteiger partial charge < -0.3 is 10.2 Å². The van der Waals surface area contributed by atoms with Crippen molar-refractivity contribution < 1.29 is 4.79 Å². The van der Waals surface area contributed by atoms with Gasteiger partial charge in [0.05, 0.1) is 5.02 Å². The zero-order valence-electron chi connectivity index (χ0n) is 12.4. The van der Waals surface area contributed by atoms with E-state index in [9.17, 15) is 4.79 Å². The molecule has 0 radical (unpaired) electrons. The highest BCUT2D eigenvalue weighted by molar-refractivity contribution is 6.33. The minimum Gasteiger partial charge on any atom is -0.370 e. The van der Waals surface area contributed by atoms with Crippen LogP contribution in [0.15, 0.2) is 12.1 Å². The average Bonchev–Trinajstić information content (AvgIpc) is 2.97. The summed E-state index contributed by atoms with van der Waals surface area (Å²) >= 11 is 6.22. The summed E-state index contributed by atoms with van der Waals surface area (Å²) in [4.78, 5) is 19.3. The Hall–Kier alpha value is -1.29. The molecule has 4 nitrogen and oxygen atoms in total. The van der Waals surface area contributed by atoms with Crippen molar-refractivity contribution in [2.24, 2.45) is 5.92 Å². The third kappa shape index (κ3) is 2.86. The molecule has 1 aromatic heterocycles. The molecule has 2 unspecified atom stereocenters. The van der Waals surface area contributed by atoms with Gasteiger partial charge in [0.1, 0.15) is 11.5 Å². The first-order chi connectivity index (χ1) is 10.2. The number of pyridine rings is 1. The van der Waals surface area contributed by atoms with E-state index in [1.807, 2.05) is 17.9 Å². The van der Waals surface area contributed by atoms with Crippen molar-refractivity contribution in [3.63, 3.8) is 0 Å². The smallest absolute Gasteiger partial charge is 0.274 e. The van der Waals surface area contributed by atoms with Crippen LogP contribution < -0.4 is 5.32 Å². The number of rotatable bonds is 3. The Bertz CT molecular complexity index is 534. The fourth-order valence-electron chi connectivity index (χ4n) is 3.71. The Labute approximate surface area is 130 Å². The summed E-state index contributed by atoms with van der Waals surface area (Å²) in [5, 5.41) is 3.58. The van der Waals surface area contributed by atoms with Gasteiger partial charge in [-0.3, -0.25) is 4.79 Å². The van der Waals surface area contributed by atoms with Crippen LogP contribution in [0.5, 0.6) is 0 Å². The van der Waals surface area contributed by atoms with Crippen LogP contribution in [0.2, 0.25) is 5.02 Å². The molecule has 2 aliphatic rings. The molecule has 0 aromatic carbocycles. The lowest BCUT2D eigenvalue weighted by Gasteiger charge is -2.37. The number of halogens is 1. The van der Waals surface area contributed by atoms with Crippen molar-refractivity contribution in [2.45, 2.75) is 45.1 Å². The van der Waals surface area contributed by atoms with Gasteiger partial charge >= 0.3 is 0 Å². The maximum atomic E-state index is 12.9. The lowest BCUT2D eigenvalue weighted by molar-refractivity contribution is 0.0542. The van der Waals surface area contributed by atoms with Crippen LogP contribution >= 0.6 is 11.6 Å². The van der Waals surface area contributed by atoms with Gasteiger partial charge in [-0.1, -0.05) is 18.0 Å². The van der Waals surface area contributed by atoms with Crippen LogP contribution in [-0.4, -0.2) is 34.9 Å². The predicted molar refractivity (Wildman–Crippen MR) is 84.8 cm³/mol. The Morgan fingerprint density at radius 1 is 1.38 bits per heavy atom. The first kappa shape index (κ1) is 14.6. The molecule has 2 atom stereocenters. The zero-order valence-corrected chi connectivity index (χ0v) is 13.2. The van der Waals surface area contributed by atoms with E-state index in [4.69, 9.17) is 11.6 Å². The van der Waals surface area contributed by atoms with Crippen LogP contribution in [0, 0.1) is 5.92 Å². The van der Waals surface area contributed by atoms with E-state index in [-0.39, 0.29) is 5.91 Å². The molecule has 21 heavy (non-hydrogen) atoms. The second-order valence-corrected chi connectivity index (χ2v) is 6.36. The first-order valence-corrected chi connectivity index (χ1v) is 8.30. The maximum Gasteiger partial charge on any atom is 0.274 e. The molecular formula is C16H22ClN3O. The highest BCUT2D eigenvalue weighted by atomic mass is 35.5. The fourth-order valence-corrected chi connectivity index (χ4v) is 3.90. The highest BCUT2D eigenvalue weighted by Gasteiger charge is 2.38. The number of aromatic nitrogens is 1. The molecule has 3 rings (SSSR count). The Balaban J connectivity index is 1.85. The SMILES string of the molecule is CCNc1ccc(Cl)c(C(=O)N2CCCC3CCCC32)n1. The average molecular weight is 308 g/mol. The van der Waals surface area contributed by atoms with Gasteiger partial charge in [0.2, 0.25) is 0 Å². The summed E-state index contributed by atoms with van der Waals surface area (Å²) in [7, 11) is 0. The molecule has 114 valence electrons. The number of piperidine rings is 1. The summed E-state index contributed by atoms with van der Waals surface area (Å²) in [5.41, 5.74) is 0.391. The molecule has 1 aliphatic carbocycles. The van der Waals surface area contributed by atoms with E-state index in [2.05, 4.69) is 10.3 Å². The number of nitrogens with zero attached hydrogens (tertiary/aromatic N) is 2. The fraction of sp³-hybridized carbons (Fsp3) is 0.625. The Morgan fingerprint density at radius 2 is 2.19 bits per heavy atom. The van der Waals surface area contributed by atoms with Crippen molar-refractivity contribution >= 4 is 23.3 Å². The van der Waals surface area contributed by atoms with Gasteiger partial charge in [-0.15, -0.1) is 0 Å². The molecule has 1 amide bonds. The standard InChI is InChI=1S/C16H22ClN3O/c1-2-18-14-9-8-12(17)15(19-14)16(21)20-10-4-6-11-5-3-7-13(11)20/h8-9,11,13H,2-7,10H2,1H3,(H,18,19). The quantitative estimate of drug-likeness (QED) is 0.928. The van der Waals surface area contributed by atoms with Crippen molar-refractivity contribution in [3.8, 4) is 0 Å². The molecule has 5 heteroatoms. The number of hydrogen-bond donors (Lipinski definition) is 1. The minimum atomic E-state index is -0.00338. The van der Waals surface area contributed by atoms with Crippen LogP contribution in [0.25, 0.3) is 0 Å². The first-order valence-electron chi connectivity index (χ1n) is 7.92. The summed E-state index contributed by atoms with van der Waals surface area (Å²) in [6.07, 6.45) is 5.97. The molecule has 0 bridgehead atoms. The molecule has 1 saturated carbocycles. The Kier molecular flexibility index (Phi) is 4.34. The molecule has 1 aromatic rings. The largest absolute Gasteiger partial charge is 0.370 e. The summed E-state index contributed by atoms with van der Waals surface area (Å²) in [5.74, 6) is 1.39. The lowest BCUT2D eigenvalue weighted by atomic mass is 9.91. The molecule has 1 N–H and O–H groups in total. The number of anilines is 1. The predicted octanol–water partition coefficient (Wildman–Crippen LogP) is 3.57. The van der Waals surface area contributed by atoms with E-state index >= 15 is 0 Å². The minimum absolute atomic E-state index is 0.00338. The summed E-state index contributed by atoms with van der Waals surface area (Å²) in [6, 6.07) is 3.97. The summed E-state index contributed by atoms with van der Waals surface area (Å²) < 4.78 is 0. The van der Waals surface area contributed by atoms with E-state index in [0.29, 0.717) is 28.5 Å². The molecule has 0 spiro atoms. The molecule has 1 aliphatic heterocycles. The third-order valence-corrected chi connectivity index (χ3v) is 4.97. The van der Waals surface area contributed by atoms with Gasteiger partial charge in [0.15, 0.2) is 0 Å².